The molecule has 2 aromatic rings. The average molecular weight is 234 g/mol. The van der Waals surface area contributed by atoms with E-state index >= 15 is 0 Å². The number of likely N-dealkylation sites (N-methyl/N-ethyl adjacent to an activating group) is 1. The lowest BCUT2D eigenvalue weighted by atomic mass is 10.0. The van der Waals surface area contributed by atoms with Gasteiger partial charge in [-0.05, 0) is 19.5 Å². The van der Waals surface area contributed by atoms with Gasteiger partial charge in [-0.1, -0.05) is 6.92 Å². The van der Waals surface area contributed by atoms with Crippen LogP contribution in [0.2, 0.25) is 0 Å². The van der Waals surface area contributed by atoms with E-state index < -0.39 is 0 Å². The van der Waals surface area contributed by atoms with Gasteiger partial charge >= 0.3 is 0 Å². The molecule has 0 aliphatic rings. The normalized spacial score (nSPS) is 12.9. The van der Waals surface area contributed by atoms with Gasteiger partial charge in [-0.3, -0.25) is 4.68 Å². The van der Waals surface area contributed by atoms with E-state index in [0.29, 0.717) is 0 Å². The predicted octanol–water partition coefficient (Wildman–Crippen LogP) is 1.61. The Kier molecular flexibility index (Phi) is 3.58. The summed E-state index contributed by atoms with van der Waals surface area (Å²) in [6.45, 7) is 4.99. The standard InChI is InChI=1S/C12H18N4O/c1-4-13-11(10-5-6-17-9(10)2)7-12-14-8-15-16(12)3/h5-6,8,11,13H,4,7H2,1-3H3. The van der Waals surface area contributed by atoms with Crippen LogP contribution < -0.4 is 5.32 Å². The highest BCUT2D eigenvalue weighted by Gasteiger charge is 2.17. The molecule has 1 unspecified atom stereocenters. The summed E-state index contributed by atoms with van der Waals surface area (Å²) < 4.78 is 7.16. The first-order valence-electron chi connectivity index (χ1n) is 5.82. The monoisotopic (exact) mass is 234 g/mol. The first kappa shape index (κ1) is 11.9. The van der Waals surface area contributed by atoms with Gasteiger partial charge < -0.3 is 9.73 Å². The van der Waals surface area contributed by atoms with Crippen molar-refractivity contribution in [3.63, 3.8) is 0 Å². The number of hydrogen-bond acceptors (Lipinski definition) is 4. The lowest BCUT2D eigenvalue weighted by molar-refractivity contribution is 0.491. The highest BCUT2D eigenvalue weighted by molar-refractivity contribution is 5.21. The third-order valence-electron chi connectivity index (χ3n) is 2.92. The van der Waals surface area contributed by atoms with E-state index in [9.17, 15) is 0 Å². The molecule has 2 heterocycles. The number of hydrogen-bond donors (Lipinski definition) is 1. The fraction of sp³-hybridized carbons (Fsp3) is 0.500. The molecule has 1 atom stereocenters. The number of nitrogens with zero attached hydrogens (tertiary/aromatic N) is 3. The molecule has 2 aromatic heterocycles. The molecule has 0 spiro atoms. The number of rotatable bonds is 5. The van der Waals surface area contributed by atoms with Gasteiger partial charge in [-0.2, -0.15) is 5.10 Å². The Bertz CT molecular complexity index is 474. The maximum atomic E-state index is 5.36. The predicted molar refractivity (Wildman–Crippen MR) is 64.6 cm³/mol. The third-order valence-corrected chi connectivity index (χ3v) is 2.92. The van der Waals surface area contributed by atoms with Crippen LogP contribution in [0.5, 0.6) is 0 Å². The van der Waals surface area contributed by atoms with E-state index in [0.717, 1.165) is 24.6 Å². The number of furan rings is 1. The minimum atomic E-state index is 0.224. The summed E-state index contributed by atoms with van der Waals surface area (Å²) in [5, 5.41) is 7.54. The molecule has 2 rings (SSSR count). The Hall–Kier alpha value is -1.62. The molecule has 0 saturated carbocycles. The second kappa shape index (κ2) is 5.14. The van der Waals surface area contributed by atoms with Crippen LogP contribution in [-0.2, 0) is 13.5 Å². The van der Waals surface area contributed by atoms with Crippen molar-refractivity contribution in [2.75, 3.05) is 6.54 Å². The molecule has 0 radical (unpaired) electrons. The topological polar surface area (TPSA) is 55.9 Å². The van der Waals surface area contributed by atoms with Crippen molar-refractivity contribution in [1.29, 1.82) is 0 Å². The van der Waals surface area contributed by atoms with Crippen molar-refractivity contribution >= 4 is 0 Å². The smallest absolute Gasteiger partial charge is 0.138 e. The highest BCUT2D eigenvalue weighted by Crippen LogP contribution is 2.21. The van der Waals surface area contributed by atoms with E-state index in [1.165, 1.54) is 5.56 Å². The molecule has 0 saturated heterocycles. The summed E-state index contributed by atoms with van der Waals surface area (Å²) in [5.41, 5.74) is 1.19. The van der Waals surface area contributed by atoms with Gasteiger partial charge in [0.15, 0.2) is 0 Å². The van der Waals surface area contributed by atoms with Gasteiger partial charge in [0, 0.05) is 25.1 Å². The van der Waals surface area contributed by atoms with Gasteiger partial charge in [0.1, 0.15) is 17.9 Å². The van der Waals surface area contributed by atoms with E-state index in [1.807, 2.05) is 20.0 Å². The van der Waals surface area contributed by atoms with Crippen molar-refractivity contribution < 1.29 is 4.42 Å². The molecule has 0 fully saturated rings. The van der Waals surface area contributed by atoms with Crippen LogP contribution in [0.25, 0.3) is 0 Å². The van der Waals surface area contributed by atoms with E-state index in [2.05, 4.69) is 22.3 Å². The molecule has 0 aromatic carbocycles. The molecular formula is C12H18N4O. The summed E-state index contributed by atoms with van der Waals surface area (Å²) in [6.07, 6.45) is 4.12. The fourth-order valence-electron chi connectivity index (χ4n) is 1.98. The van der Waals surface area contributed by atoms with Gasteiger partial charge in [-0.15, -0.1) is 0 Å². The van der Waals surface area contributed by atoms with E-state index in [4.69, 9.17) is 4.42 Å². The number of aryl methyl sites for hydroxylation is 2. The second-order valence-corrected chi connectivity index (χ2v) is 4.05. The molecule has 0 aliphatic heterocycles. The van der Waals surface area contributed by atoms with Gasteiger partial charge in [0.05, 0.1) is 6.26 Å². The second-order valence-electron chi connectivity index (χ2n) is 4.05. The van der Waals surface area contributed by atoms with Gasteiger partial charge in [-0.25, -0.2) is 4.98 Å². The highest BCUT2D eigenvalue weighted by atomic mass is 16.3. The minimum Gasteiger partial charge on any atom is -0.469 e. The Labute approximate surface area is 101 Å². The Morgan fingerprint density at radius 3 is 2.88 bits per heavy atom. The SMILES string of the molecule is CCNC(Cc1ncnn1C)c1ccoc1C. The molecular weight excluding hydrogens is 216 g/mol. The fourth-order valence-corrected chi connectivity index (χ4v) is 1.98. The molecule has 1 N–H and O–H groups in total. The largest absolute Gasteiger partial charge is 0.469 e. The Balaban J connectivity index is 2.19. The van der Waals surface area contributed by atoms with Crippen molar-refractivity contribution in [3.8, 4) is 0 Å². The van der Waals surface area contributed by atoms with E-state index in [1.54, 1.807) is 17.3 Å². The van der Waals surface area contributed by atoms with Crippen molar-refractivity contribution in [1.82, 2.24) is 20.1 Å². The molecule has 5 heteroatoms. The molecule has 5 nitrogen and oxygen atoms in total. The molecule has 0 bridgehead atoms. The summed E-state index contributed by atoms with van der Waals surface area (Å²) in [7, 11) is 1.91. The summed E-state index contributed by atoms with van der Waals surface area (Å²) in [5.74, 6) is 1.93. The van der Waals surface area contributed by atoms with Gasteiger partial charge in [0.2, 0.25) is 0 Å². The maximum absolute atomic E-state index is 5.36. The Morgan fingerprint density at radius 1 is 1.53 bits per heavy atom. The first-order valence-corrected chi connectivity index (χ1v) is 5.82. The first-order chi connectivity index (χ1) is 8.22. The third kappa shape index (κ3) is 2.55. The quantitative estimate of drug-likeness (QED) is 0.854. The molecule has 17 heavy (non-hydrogen) atoms. The van der Waals surface area contributed by atoms with Crippen LogP contribution in [-0.4, -0.2) is 21.3 Å². The Morgan fingerprint density at radius 2 is 2.35 bits per heavy atom. The zero-order valence-corrected chi connectivity index (χ0v) is 10.5. The summed E-state index contributed by atoms with van der Waals surface area (Å²) in [4.78, 5) is 4.26. The zero-order valence-electron chi connectivity index (χ0n) is 10.5. The van der Waals surface area contributed by atoms with Crippen LogP contribution >= 0.6 is 0 Å². The molecule has 92 valence electrons. The van der Waals surface area contributed by atoms with E-state index in [-0.39, 0.29) is 6.04 Å². The zero-order chi connectivity index (χ0) is 12.3. The lowest BCUT2D eigenvalue weighted by Gasteiger charge is -2.16. The van der Waals surface area contributed by atoms with Crippen LogP contribution in [0, 0.1) is 6.92 Å². The van der Waals surface area contributed by atoms with Crippen LogP contribution in [0.1, 0.15) is 30.1 Å². The van der Waals surface area contributed by atoms with Crippen molar-refractivity contribution in [3.05, 3.63) is 35.8 Å². The van der Waals surface area contributed by atoms with Crippen LogP contribution in [0.15, 0.2) is 23.1 Å². The molecule has 0 aliphatic carbocycles. The van der Waals surface area contributed by atoms with Crippen molar-refractivity contribution in [2.24, 2.45) is 7.05 Å². The molecule has 0 amide bonds. The van der Waals surface area contributed by atoms with Gasteiger partial charge in [0.25, 0.3) is 0 Å². The summed E-state index contributed by atoms with van der Waals surface area (Å²) >= 11 is 0. The van der Waals surface area contributed by atoms with Crippen LogP contribution in [0.4, 0.5) is 0 Å². The van der Waals surface area contributed by atoms with Crippen LogP contribution in [0.3, 0.4) is 0 Å². The maximum Gasteiger partial charge on any atom is 0.138 e. The summed E-state index contributed by atoms with van der Waals surface area (Å²) in [6, 6.07) is 2.24. The minimum absolute atomic E-state index is 0.224. The average Bonchev–Trinajstić information content (AvgIpc) is 2.88. The number of nitrogens with one attached hydrogen (secondary N) is 1. The van der Waals surface area contributed by atoms with Crippen molar-refractivity contribution in [2.45, 2.75) is 26.3 Å². The number of aromatic nitrogens is 3. The lowest BCUT2D eigenvalue weighted by Crippen LogP contribution is -2.24.